The molecule has 1 atom stereocenters. The third-order valence-electron chi connectivity index (χ3n) is 3.38. The molecule has 0 radical (unpaired) electrons. The fraction of sp³-hybridized carbons (Fsp3) is 0.529. The van der Waals surface area contributed by atoms with E-state index in [1.165, 1.54) is 0 Å². The Labute approximate surface area is 131 Å². The van der Waals surface area contributed by atoms with Gasteiger partial charge in [0.2, 0.25) is 0 Å². The summed E-state index contributed by atoms with van der Waals surface area (Å²) in [5.74, 6) is -0.936. The summed E-state index contributed by atoms with van der Waals surface area (Å²) >= 11 is 0. The number of carboxylic acid groups (broad SMARTS) is 1. The van der Waals surface area contributed by atoms with Crippen LogP contribution in [0.5, 0.6) is 5.75 Å². The summed E-state index contributed by atoms with van der Waals surface area (Å²) in [6.07, 6.45) is 3.40. The Kier molecular flexibility index (Phi) is 8.04. The molecule has 1 unspecified atom stereocenters. The lowest BCUT2D eigenvalue weighted by Gasteiger charge is -2.12. The summed E-state index contributed by atoms with van der Waals surface area (Å²) in [5, 5.41) is 11.7. The molecule has 0 saturated carbocycles. The Bertz CT molecular complexity index is 470. The Balaban J connectivity index is 2.49. The number of hydrogen-bond acceptors (Lipinski definition) is 3. The number of hydrogen-bond donors (Lipinski definition) is 2. The number of rotatable bonds is 10. The van der Waals surface area contributed by atoms with Crippen molar-refractivity contribution in [3.8, 4) is 5.75 Å². The lowest BCUT2D eigenvalue weighted by Crippen LogP contribution is -2.32. The molecule has 1 amide bonds. The second kappa shape index (κ2) is 9.82. The van der Waals surface area contributed by atoms with Crippen molar-refractivity contribution in [2.24, 2.45) is 5.92 Å². The maximum Gasteiger partial charge on any atom is 0.308 e. The number of unbranched alkanes of at least 4 members (excludes halogenated alkanes) is 1. The molecule has 1 aromatic carbocycles. The van der Waals surface area contributed by atoms with Gasteiger partial charge >= 0.3 is 5.97 Å². The molecular weight excluding hydrogens is 282 g/mol. The number of amides is 1. The number of carbonyl (C=O) groups is 2. The molecule has 22 heavy (non-hydrogen) atoms. The van der Waals surface area contributed by atoms with Gasteiger partial charge in [-0.3, -0.25) is 9.59 Å². The SMILES string of the molecule is CCCCOc1ccc(C(=O)NCC(CCC)C(=O)O)cc1. The maximum atomic E-state index is 12.0. The van der Waals surface area contributed by atoms with Crippen LogP contribution < -0.4 is 10.1 Å². The van der Waals surface area contributed by atoms with Gasteiger partial charge < -0.3 is 15.2 Å². The Morgan fingerprint density at radius 3 is 2.41 bits per heavy atom. The van der Waals surface area contributed by atoms with Gasteiger partial charge in [-0.1, -0.05) is 26.7 Å². The third-order valence-corrected chi connectivity index (χ3v) is 3.38. The van der Waals surface area contributed by atoms with Crippen LogP contribution in [0.1, 0.15) is 49.9 Å². The zero-order valence-electron chi connectivity index (χ0n) is 13.3. The van der Waals surface area contributed by atoms with Crippen molar-refractivity contribution in [3.05, 3.63) is 29.8 Å². The number of aliphatic carboxylic acids is 1. The average Bonchev–Trinajstić information content (AvgIpc) is 2.51. The fourth-order valence-electron chi connectivity index (χ4n) is 2.02. The van der Waals surface area contributed by atoms with Gasteiger partial charge in [-0.2, -0.15) is 0 Å². The van der Waals surface area contributed by atoms with E-state index in [0.29, 0.717) is 18.6 Å². The minimum atomic E-state index is -0.873. The van der Waals surface area contributed by atoms with Crippen molar-refractivity contribution in [2.75, 3.05) is 13.2 Å². The van der Waals surface area contributed by atoms with E-state index >= 15 is 0 Å². The monoisotopic (exact) mass is 307 g/mol. The van der Waals surface area contributed by atoms with E-state index in [1.807, 2.05) is 6.92 Å². The predicted molar refractivity (Wildman–Crippen MR) is 85.2 cm³/mol. The highest BCUT2D eigenvalue weighted by Crippen LogP contribution is 2.13. The molecule has 0 aliphatic rings. The summed E-state index contributed by atoms with van der Waals surface area (Å²) in [5.41, 5.74) is 0.503. The van der Waals surface area contributed by atoms with E-state index in [2.05, 4.69) is 12.2 Å². The molecule has 5 heteroatoms. The van der Waals surface area contributed by atoms with Crippen molar-refractivity contribution >= 4 is 11.9 Å². The smallest absolute Gasteiger partial charge is 0.308 e. The molecule has 0 aromatic heterocycles. The molecule has 0 heterocycles. The normalized spacial score (nSPS) is 11.7. The third kappa shape index (κ3) is 6.16. The van der Waals surface area contributed by atoms with Crippen LogP contribution in [0, 0.1) is 5.92 Å². The van der Waals surface area contributed by atoms with Crippen LogP contribution in [0.15, 0.2) is 24.3 Å². The minimum Gasteiger partial charge on any atom is -0.494 e. The van der Waals surface area contributed by atoms with Gasteiger partial charge in [0.05, 0.1) is 12.5 Å². The molecule has 2 N–H and O–H groups in total. The van der Waals surface area contributed by atoms with Crippen molar-refractivity contribution in [3.63, 3.8) is 0 Å². The van der Waals surface area contributed by atoms with E-state index < -0.39 is 11.9 Å². The van der Waals surface area contributed by atoms with Gasteiger partial charge in [0.25, 0.3) is 5.91 Å². The Morgan fingerprint density at radius 1 is 1.18 bits per heavy atom. The molecular formula is C17H25NO4. The first-order chi connectivity index (χ1) is 10.6. The average molecular weight is 307 g/mol. The number of benzene rings is 1. The van der Waals surface area contributed by atoms with Crippen molar-refractivity contribution in [2.45, 2.75) is 39.5 Å². The van der Waals surface area contributed by atoms with Crippen LogP contribution >= 0.6 is 0 Å². The maximum absolute atomic E-state index is 12.0. The Morgan fingerprint density at radius 2 is 1.86 bits per heavy atom. The molecule has 1 aromatic rings. The molecule has 0 aliphatic carbocycles. The standard InChI is InChI=1S/C17H25NO4/c1-3-5-11-22-15-9-7-13(8-10-15)16(19)18-12-14(6-4-2)17(20)21/h7-10,14H,3-6,11-12H2,1-2H3,(H,18,19)(H,20,21). The summed E-state index contributed by atoms with van der Waals surface area (Å²) in [7, 11) is 0. The van der Waals surface area contributed by atoms with Crippen LogP contribution in [0.4, 0.5) is 0 Å². The molecule has 0 bridgehead atoms. The molecule has 0 spiro atoms. The summed E-state index contributed by atoms with van der Waals surface area (Å²) in [4.78, 5) is 23.0. The van der Waals surface area contributed by atoms with Gasteiger partial charge in [-0.15, -0.1) is 0 Å². The van der Waals surface area contributed by atoms with Crippen LogP contribution in [-0.4, -0.2) is 30.1 Å². The van der Waals surface area contributed by atoms with Crippen LogP contribution in [0.2, 0.25) is 0 Å². The Hall–Kier alpha value is -2.04. The molecule has 122 valence electrons. The predicted octanol–water partition coefficient (Wildman–Crippen LogP) is 3.10. The molecule has 5 nitrogen and oxygen atoms in total. The van der Waals surface area contributed by atoms with Crippen LogP contribution in [0.25, 0.3) is 0 Å². The number of carbonyl (C=O) groups excluding carboxylic acids is 1. The first kappa shape index (κ1) is 18.0. The molecule has 0 saturated heterocycles. The molecule has 1 rings (SSSR count). The van der Waals surface area contributed by atoms with Crippen molar-refractivity contribution in [1.82, 2.24) is 5.32 Å². The van der Waals surface area contributed by atoms with Gasteiger partial charge in [-0.05, 0) is 37.1 Å². The van der Waals surface area contributed by atoms with Gasteiger partial charge in [0.15, 0.2) is 0 Å². The topological polar surface area (TPSA) is 75.6 Å². The lowest BCUT2D eigenvalue weighted by atomic mass is 10.0. The largest absolute Gasteiger partial charge is 0.494 e. The number of carboxylic acids is 1. The van der Waals surface area contributed by atoms with Gasteiger partial charge in [0.1, 0.15) is 5.75 Å². The van der Waals surface area contributed by atoms with E-state index in [9.17, 15) is 9.59 Å². The van der Waals surface area contributed by atoms with Gasteiger partial charge in [0, 0.05) is 12.1 Å². The van der Waals surface area contributed by atoms with E-state index in [1.54, 1.807) is 24.3 Å². The summed E-state index contributed by atoms with van der Waals surface area (Å²) in [6.45, 7) is 4.84. The van der Waals surface area contributed by atoms with Crippen molar-refractivity contribution in [1.29, 1.82) is 0 Å². The van der Waals surface area contributed by atoms with E-state index in [4.69, 9.17) is 9.84 Å². The van der Waals surface area contributed by atoms with E-state index in [0.717, 1.165) is 25.0 Å². The quantitative estimate of drug-likeness (QED) is 0.651. The van der Waals surface area contributed by atoms with Crippen LogP contribution in [-0.2, 0) is 4.79 Å². The molecule has 0 fully saturated rings. The highest BCUT2D eigenvalue weighted by Gasteiger charge is 2.17. The van der Waals surface area contributed by atoms with Gasteiger partial charge in [-0.25, -0.2) is 0 Å². The highest BCUT2D eigenvalue weighted by atomic mass is 16.5. The second-order valence-corrected chi connectivity index (χ2v) is 5.26. The summed E-state index contributed by atoms with van der Waals surface area (Å²) in [6, 6.07) is 6.88. The van der Waals surface area contributed by atoms with Crippen LogP contribution in [0.3, 0.4) is 0 Å². The molecule has 0 aliphatic heterocycles. The second-order valence-electron chi connectivity index (χ2n) is 5.26. The first-order valence-corrected chi connectivity index (χ1v) is 7.82. The van der Waals surface area contributed by atoms with Crippen molar-refractivity contribution < 1.29 is 19.4 Å². The minimum absolute atomic E-state index is 0.150. The first-order valence-electron chi connectivity index (χ1n) is 7.82. The highest BCUT2D eigenvalue weighted by molar-refractivity contribution is 5.94. The zero-order valence-corrected chi connectivity index (χ0v) is 13.3. The number of nitrogens with one attached hydrogen (secondary N) is 1. The number of ether oxygens (including phenoxy) is 1. The zero-order chi connectivity index (χ0) is 16.4. The lowest BCUT2D eigenvalue weighted by molar-refractivity contribution is -0.141. The fourth-order valence-corrected chi connectivity index (χ4v) is 2.02. The summed E-state index contributed by atoms with van der Waals surface area (Å²) < 4.78 is 5.53. The van der Waals surface area contributed by atoms with E-state index in [-0.39, 0.29) is 12.5 Å².